The van der Waals surface area contributed by atoms with E-state index in [1.807, 2.05) is 11.0 Å². The Balaban J connectivity index is 1.29. The minimum Gasteiger partial charge on any atom is -0.456 e. The van der Waals surface area contributed by atoms with Gasteiger partial charge in [-0.2, -0.15) is 13.2 Å². The Morgan fingerprint density at radius 2 is 1.79 bits per heavy atom. The second kappa shape index (κ2) is 11.1. The van der Waals surface area contributed by atoms with Crippen LogP contribution >= 0.6 is 0 Å². The Morgan fingerprint density at radius 3 is 2.51 bits per heavy atom. The van der Waals surface area contributed by atoms with Crippen molar-refractivity contribution in [1.82, 2.24) is 19.8 Å². The number of benzene rings is 2. The van der Waals surface area contributed by atoms with Crippen molar-refractivity contribution in [3.8, 4) is 11.5 Å². The number of piperazine rings is 1. The highest BCUT2D eigenvalue weighted by molar-refractivity contribution is 6.04. The number of hydrogen-bond acceptors (Lipinski definition) is 5. The van der Waals surface area contributed by atoms with Gasteiger partial charge in [-0.25, -0.2) is 4.98 Å². The number of carbonyl (C=O) groups is 1. The molecular weight excluding hydrogens is 507 g/mol. The van der Waals surface area contributed by atoms with Gasteiger partial charge in [0.25, 0.3) is 5.91 Å². The summed E-state index contributed by atoms with van der Waals surface area (Å²) in [6.45, 7) is 8.17. The molecule has 2 aromatic carbocycles. The van der Waals surface area contributed by atoms with E-state index < -0.39 is 17.6 Å². The fourth-order valence-corrected chi connectivity index (χ4v) is 4.81. The molecule has 2 aromatic heterocycles. The standard InChI is InChI=1S/C29H30F3N5O2/c1-3-36-12-14-37(15-13-36)18-21-4-6-22(17-24(21)29(30,31)32)35-28(38)20-5-7-25(19(2)16-20)39-26-9-11-34-27-23(26)8-10-33-27/h4-11,16-17H,3,12-15,18H2,1-2H3,(H,33,34)(H,35,38). The van der Waals surface area contributed by atoms with Crippen LogP contribution in [0.5, 0.6) is 11.5 Å². The minimum atomic E-state index is -4.53. The van der Waals surface area contributed by atoms with Crippen molar-refractivity contribution in [2.24, 2.45) is 0 Å². The average molecular weight is 538 g/mol. The van der Waals surface area contributed by atoms with Crippen LogP contribution in [0.2, 0.25) is 0 Å². The molecule has 0 bridgehead atoms. The number of pyridine rings is 1. The molecule has 1 saturated heterocycles. The van der Waals surface area contributed by atoms with Crippen molar-refractivity contribution in [1.29, 1.82) is 0 Å². The number of aromatic nitrogens is 2. The summed E-state index contributed by atoms with van der Waals surface area (Å²) in [4.78, 5) is 24.5. The van der Waals surface area contributed by atoms with Gasteiger partial charge < -0.3 is 19.9 Å². The van der Waals surface area contributed by atoms with Crippen LogP contribution in [-0.4, -0.2) is 58.4 Å². The summed E-state index contributed by atoms with van der Waals surface area (Å²) in [7, 11) is 0. The first kappa shape index (κ1) is 26.7. The predicted molar refractivity (Wildman–Crippen MR) is 144 cm³/mol. The molecule has 204 valence electrons. The molecule has 1 fully saturated rings. The number of aromatic amines is 1. The molecule has 39 heavy (non-hydrogen) atoms. The third-order valence-corrected chi connectivity index (χ3v) is 7.06. The number of likely N-dealkylation sites (N-methyl/N-ethyl adjacent to an activating group) is 1. The van der Waals surface area contributed by atoms with Gasteiger partial charge in [0, 0.05) is 56.4 Å². The maximum absolute atomic E-state index is 14.0. The second-order valence-corrected chi connectivity index (χ2v) is 9.67. The lowest BCUT2D eigenvalue weighted by Gasteiger charge is -2.34. The average Bonchev–Trinajstić information content (AvgIpc) is 3.40. The van der Waals surface area contributed by atoms with Gasteiger partial charge >= 0.3 is 6.18 Å². The summed E-state index contributed by atoms with van der Waals surface area (Å²) in [5.74, 6) is 0.676. The van der Waals surface area contributed by atoms with Crippen molar-refractivity contribution in [2.45, 2.75) is 26.6 Å². The SMILES string of the molecule is CCN1CCN(Cc2ccc(NC(=O)c3ccc(Oc4ccnc5[nH]ccc45)c(C)c3)cc2C(F)(F)F)CC1. The van der Waals surface area contributed by atoms with Gasteiger partial charge in [-0.3, -0.25) is 9.69 Å². The molecule has 2 N–H and O–H groups in total. The third kappa shape index (κ3) is 6.07. The Bertz CT molecular complexity index is 1480. The highest BCUT2D eigenvalue weighted by atomic mass is 19.4. The molecule has 1 aliphatic heterocycles. The van der Waals surface area contributed by atoms with Gasteiger partial charge in [0.1, 0.15) is 17.1 Å². The van der Waals surface area contributed by atoms with Gasteiger partial charge in [-0.05, 0) is 67.1 Å². The molecule has 0 aliphatic carbocycles. The van der Waals surface area contributed by atoms with E-state index in [0.717, 1.165) is 44.2 Å². The lowest BCUT2D eigenvalue weighted by molar-refractivity contribution is -0.138. The van der Waals surface area contributed by atoms with E-state index in [4.69, 9.17) is 4.74 Å². The Kier molecular flexibility index (Phi) is 7.58. The first-order chi connectivity index (χ1) is 18.7. The smallest absolute Gasteiger partial charge is 0.416 e. The molecular formula is C29H30F3N5O2. The maximum Gasteiger partial charge on any atom is 0.416 e. The van der Waals surface area contributed by atoms with E-state index >= 15 is 0 Å². The lowest BCUT2D eigenvalue weighted by Crippen LogP contribution is -2.45. The van der Waals surface area contributed by atoms with Crippen molar-refractivity contribution in [3.05, 3.63) is 83.2 Å². The number of nitrogens with one attached hydrogen (secondary N) is 2. The number of hydrogen-bond donors (Lipinski definition) is 2. The van der Waals surface area contributed by atoms with E-state index in [0.29, 0.717) is 28.3 Å². The number of nitrogens with zero attached hydrogens (tertiary/aromatic N) is 3. The lowest BCUT2D eigenvalue weighted by atomic mass is 10.0. The topological polar surface area (TPSA) is 73.5 Å². The van der Waals surface area contributed by atoms with Crippen LogP contribution in [0, 0.1) is 6.92 Å². The highest BCUT2D eigenvalue weighted by Gasteiger charge is 2.34. The molecule has 5 rings (SSSR count). The predicted octanol–water partition coefficient (Wildman–Crippen LogP) is 6.07. The zero-order valence-electron chi connectivity index (χ0n) is 21.8. The van der Waals surface area contributed by atoms with E-state index in [1.165, 1.54) is 12.1 Å². The Morgan fingerprint density at radius 1 is 1.03 bits per heavy atom. The molecule has 4 aromatic rings. The first-order valence-electron chi connectivity index (χ1n) is 12.9. The van der Waals surface area contributed by atoms with Crippen molar-refractivity contribution in [2.75, 3.05) is 38.0 Å². The van der Waals surface area contributed by atoms with E-state index in [2.05, 4.69) is 27.1 Å². The first-order valence-corrected chi connectivity index (χ1v) is 12.9. The number of H-pyrrole nitrogens is 1. The molecule has 0 unspecified atom stereocenters. The highest BCUT2D eigenvalue weighted by Crippen LogP contribution is 2.35. The fraction of sp³-hybridized carbons (Fsp3) is 0.310. The number of aryl methyl sites for hydroxylation is 1. The molecule has 1 amide bonds. The van der Waals surface area contributed by atoms with Crippen LogP contribution in [0.3, 0.4) is 0 Å². The number of anilines is 1. The summed E-state index contributed by atoms with van der Waals surface area (Å²) in [5.41, 5.74) is 1.29. The number of amides is 1. The molecule has 0 spiro atoms. The number of rotatable bonds is 7. The van der Waals surface area contributed by atoms with E-state index in [1.54, 1.807) is 43.6 Å². The van der Waals surface area contributed by atoms with Crippen LogP contribution in [0.25, 0.3) is 11.0 Å². The van der Waals surface area contributed by atoms with E-state index in [-0.39, 0.29) is 17.8 Å². The molecule has 0 atom stereocenters. The van der Waals surface area contributed by atoms with Crippen molar-refractivity contribution >= 4 is 22.6 Å². The summed E-state index contributed by atoms with van der Waals surface area (Å²) in [5, 5.41) is 3.44. The fourth-order valence-electron chi connectivity index (χ4n) is 4.81. The Labute approximate surface area is 224 Å². The maximum atomic E-state index is 14.0. The van der Waals surface area contributed by atoms with Crippen molar-refractivity contribution in [3.63, 3.8) is 0 Å². The monoisotopic (exact) mass is 537 g/mol. The summed E-state index contributed by atoms with van der Waals surface area (Å²) < 4.78 is 47.9. The molecule has 10 heteroatoms. The third-order valence-electron chi connectivity index (χ3n) is 7.06. The van der Waals surface area contributed by atoms with Gasteiger partial charge in [0.05, 0.1) is 10.9 Å². The zero-order valence-corrected chi connectivity index (χ0v) is 21.8. The number of carbonyl (C=O) groups excluding carboxylic acids is 1. The largest absolute Gasteiger partial charge is 0.456 e. The summed E-state index contributed by atoms with van der Waals surface area (Å²) >= 11 is 0. The zero-order chi connectivity index (χ0) is 27.6. The quantitative estimate of drug-likeness (QED) is 0.299. The number of fused-ring (bicyclic) bond motifs is 1. The van der Waals surface area contributed by atoms with Crippen LogP contribution in [0.1, 0.15) is 34.0 Å². The van der Waals surface area contributed by atoms with Crippen LogP contribution in [-0.2, 0) is 12.7 Å². The Hall–Kier alpha value is -3.89. The number of alkyl halides is 3. The van der Waals surface area contributed by atoms with Gasteiger partial charge in [-0.1, -0.05) is 13.0 Å². The van der Waals surface area contributed by atoms with E-state index in [9.17, 15) is 18.0 Å². The second-order valence-electron chi connectivity index (χ2n) is 9.67. The van der Waals surface area contributed by atoms with Gasteiger partial charge in [-0.15, -0.1) is 0 Å². The molecule has 3 heterocycles. The summed E-state index contributed by atoms with van der Waals surface area (Å²) in [6, 6.07) is 12.5. The van der Waals surface area contributed by atoms with Gasteiger partial charge in [0.2, 0.25) is 0 Å². The molecule has 0 saturated carbocycles. The van der Waals surface area contributed by atoms with Crippen LogP contribution in [0.15, 0.2) is 60.9 Å². The molecule has 7 nitrogen and oxygen atoms in total. The molecule has 0 radical (unpaired) electrons. The van der Waals surface area contributed by atoms with Crippen molar-refractivity contribution < 1.29 is 22.7 Å². The number of halogens is 3. The summed E-state index contributed by atoms with van der Waals surface area (Å²) in [6.07, 6.45) is -1.12. The normalized spacial score (nSPS) is 15.0. The minimum absolute atomic E-state index is 0.0940. The molecule has 1 aliphatic rings. The van der Waals surface area contributed by atoms with Crippen LogP contribution in [0.4, 0.5) is 18.9 Å². The number of ether oxygens (including phenoxy) is 1. The van der Waals surface area contributed by atoms with Gasteiger partial charge in [0.15, 0.2) is 0 Å². The van der Waals surface area contributed by atoms with Crippen LogP contribution < -0.4 is 10.1 Å².